The van der Waals surface area contributed by atoms with Crippen molar-refractivity contribution in [2.24, 2.45) is 0 Å². The third-order valence-electron chi connectivity index (χ3n) is 1.34. The van der Waals surface area contributed by atoms with E-state index in [1.165, 1.54) is 0 Å². The maximum absolute atomic E-state index is 10.1. The minimum Gasteiger partial charge on any atom is -0.547 e. The van der Waals surface area contributed by atoms with Crippen LogP contribution < -0.4 is 5.11 Å². The molecule has 0 radical (unpaired) electrons. The van der Waals surface area contributed by atoms with Crippen LogP contribution in [0.4, 0.5) is 0 Å². The molecule has 0 rings (SSSR count). The van der Waals surface area contributed by atoms with E-state index in [0.717, 1.165) is 0 Å². The molecule has 5 nitrogen and oxygen atoms in total. The molecule has 5 heteroatoms. The summed E-state index contributed by atoms with van der Waals surface area (Å²) in [5.74, 6) is -1.64. The van der Waals surface area contributed by atoms with Crippen molar-refractivity contribution in [3.8, 4) is 0 Å². The molecule has 0 fully saturated rings. The highest BCUT2D eigenvalue weighted by Crippen LogP contribution is 1.99. The number of aliphatic carboxylic acids is 1. The monoisotopic (exact) mass is 177 g/mol. The Morgan fingerprint density at radius 1 is 1.42 bits per heavy atom. The molecule has 0 aromatic heterocycles. The molecular weight excluding hydrogens is 162 g/mol. The number of carboxylic acids is 1. The molecule has 0 unspecified atom stereocenters. The van der Waals surface area contributed by atoms with Crippen LogP contribution in [0.3, 0.4) is 0 Å². The van der Waals surface area contributed by atoms with Crippen LogP contribution in [0, 0.1) is 0 Å². The molecule has 0 aromatic carbocycles. The highest BCUT2D eigenvalue weighted by atomic mass is 16.4. The van der Waals surface area contributed by atoms with Gasteiger partial charge < -0.3 is 24.6 Å². The smallest absolute Gasteiger partial charge is 0.134 e. The van der Waals surface area contributed by atoms with Gasteiger partial charge in [-0.3, -0.25) is 0 Å². The fourth-order valence-electron chi connectivity index (χ4n) is 0.818. The van der Waals surface area contributed by atoms with Gasteiger partial charge in [0.05, 0.1) is 27.1 Å². The molecule has 0 aliphatic carbocycles. The number of hydrogen-bond acceptors (Lipinski definition) is 4. The number of rotatable bonds is 4. The summed E-state index contributed by atoms with van der Waals surface area (Å²) in [5, 5.41) is 28.1. The summed E-state index contributed by atoms with van der Waals surface area (Å²) >= 11 is 0. The van der Waals surface area contributed by atoms with E-state index in [4.69, 9.17) is 10.2 Å². The Kier molecular flexibility index (Phi) is 3.63. The van der Waals surface area contributed by atoms with E-state index < -0.39 is 18.2 Å². The Hall–Kier alpha value is -0.650. The zero-order chi connectivity index (χ0) is 9.94. The fourth-order valence-corrected chi connectivity index (χ4v) is 0.818. The number of aliphatic hydroxyl groups is 2. The average Bonchev–Trinajstić information content (AvgIpc) is 1.82. The van der Waals surface area contributed by atoms with Gasteiger partial charge in [-0.15, -0.1) is 0 Å². The first kappa shape index (κ1) is 11.4. The molecule has 2 N–H and O–H groups in total. The van der Waals surface area contributed by atoms with Crippen molar-refractivity contribution in [2.75, 3.05) is 27.7 Å². The van der Waals surface area contributed by atoms with Gasteiger partial charge in [0.1, 0.15) is 18.8 Å². The lowest BCUT2D eigenvalue weighted by Crippen LogP contribution is -2.51. The standard InChI is InChI=1S/C7H15NO4/c1-8(2,3)4-5(9)6(10)7(11)12/h5-6,9-10H,4H2,1-3H3/t5-,6+/m0/s1. The minimum absolute atomic E-state index is 0.162. The van der Waals surface area contributed by atoms with E-state index in [-0.39, 0.29) is 6.54 Å². The molecule has 0 saturated heterocycles. The maximum Gasteiger partial charge on any atom is 0.134 e. The fraction of sp³-hybridized carbons (Fsp3) is 0.857. The summed E-state index contributed by atoms with van der Waals surface area (Å²) in [4.78, 5) is 10.1. The van der Waals surface area contributed by atoms with Crippen LogP contribution in [0.5, 0.6) is 0 Å². The summed E-state index contributed by atoms with van der Waals surface area (Å²) in [7, 11) is 5.35. The molecule has 0 bridgehead atoms. The summed E-state index contributed by atoms with van der Waals surface area (Å²) < 4.78 is 0.380. The van der Waals surface area contributed by atoms with Gasteiger partial charge in [-0.1, -0.05) is 0 Å². The van der Waals surface area contributed by atoms with E-state index >= 15 is 0 Å². The molecule has 0 aromatic rings. The topological polar surface area (TPSA) is 80.6 Å². The first-order chi connectivity index (χ1) is 5.24. The Morgan fingerprint density at radius 3 is 2.08 bits per heavy atom. The normalized spacial score (nSPS) is 17.1. The SMILES string of the molecule is C[N+](C)(C)C[C@H](O)[C@@H](O)C(=O)[O-]. The average molecular weight is 177 g/mol. The molecule has 0 amide bonds. The second kappa shape index (κ2) is 3.84. The number of hydrogen-bond donors (Lipinski definition) is 2. The zero-order valence-corrected chi connectivity index (χ0v) is 7.52. The lowest BCUT2D eigenvalue weighted by Gasteiger charge is -2.29. The first-order valence-corrected chi connectivity index (χ1v) is 3.61. The van der Waals surface area contributed by atoms with Gasteiger partial charge in [-0.2, -0.15) is 0 Å². The van der Waals surface area contributed by atoms with Crippen LogP contribution in [-0.2, 0) is 4.79 Å². The van der Waals surface area contributed by atoms with Gasteiger partial charge in [-0.05, 0) is 0 Å². The van der Waals surface area contributed by atoms with Crippen LogP contribution in [0.1, 0.15) is 0 Å². The summed E-state index contributed by atoms with van der Waals surface area (Å²) in [5.41, 5.74) is 0. The van der Waals surface area contributed by atoms with Crippen molar-refractivity contribution in [2.45, 2.75) is 12.2 Å². The Morgan fingerprint density at radius 2 is 1.83 bits per heavy atom. The van der Waals surface area contributed by atoms with Crippen molar-refractivity contribution in [1.82, 2.24) is 0 Å². The molecule has 0 spiro atoms. The van der Waals surface area contributed by atoms with Crippen molar-refractivity contribution in [3.63, 3.8) is 0 Å². The molecule has 0 saturated carbocycles. The molecule has 0 aliphatic rings. The highest BCUT2D eigenvalue weighted by molar-refractivity contribution is 5.70. The van der Waals surface area contributed by atoms with Crippen LogP contribution in [0.2, 0.25) is 0 Å². The molecule has 72 valence electrons. The third-order valence-corrected chi connectivity index (χ3v) is 1.34. The largest absolute Gasteiger partial charge is 0.547 e. The second-order valence-electron chi connectivity index (χ2n) is 3.80. The van der Waals surface area contributed by atoms with E-state index in [1.54, 1.807) is 21.1 Å². The van der Waals surface area contributed by atoms with Gasteiger partial charge in [0.15, 0.2) is 0 Å². The number of nitrogens with zero attached hydrogens (tertiary/aromatic N) is 1. The first-order valence-electron chi connectivity index (χ1n) is 3.61. The zero-order valence-electron chi connectivity index (χ0n) is 7.52. The number of carbonyl (C=O) groups excluding carboxylic acids is 1. The van der Waals surface area contributed by atoms with Crippen molar-refractivity contribution in [3.05, 3.63) is 0 Å². The van der Waals surface area contributed by atoms with Gasteiger partial charge in [0.25, 0.3) is 0 Å². The summed E-state index contributed by atoms with van der Waals surface area (Å²) in [6.07, 6.45) is -3.09. The third kappa shape index (κ3) is 4.27. The van der Waals surface area contributed by atoms with Crippen molar-refractivity contribution < 1.29 is 24.6 Å². The molecule has 12 heavy (non-hydrogen) atoms. The van der Waals surface area contributed by atoms with Crippen LogP contribution in [-0.4, -0.2) is 60.6 Å². The van der Waals surface area contributed by atoms with E-state index in [0.29, 0.717) is 4.48 Å². The number of aliphatic hydroxyl groups excluding tert-OH is 2. The van der Waals surface area contributed by atoms with Crippen LogP contribution in [0.15, 0.2) is 0 Å². The highest BCUT2D eigenvalue weighted by Gasteiger charge is 2.23. The van der Waals surface area contributed by atoms with Gasteiger partial charge >= 0.3 is 0 Å². The number of carbonyl (C=O) groups is 1. The quantitative estimate of drug-likeness (QED) is 0.453. The van der Waals surface area contributed by atoms with E-state index in [9.17, 15) is 9.90 Å². The van der Waals surface area contributed by atoms with Gasteiger partial charge in [-0.25, -0.2) is 0 Å². The van der Waals surface area contributed by atoms with Gasteiger partial charge in [0, 0.05) is 0 Å². The predicted octanol–water partition coefficient (Wildman–Crippen LogP) is -2.84. The molecule has 0 heterocycles. The lowest BCUT2D eigenvalue weighted by molar-refractivity contribution is -0.874. The Labute approximate surface area is 71.4 Å². The van der Waals surface area contributed by atoms with Crippen molar-refractivity contribution in [1.29, 1.82) is 0 Å². The number of quaternary nitrogens is 1. The van der Waals surface area contributed by atoms with E-state index in [1.807, 2.05) is 0 Å². The predicted molar refractivity (Wildman–Crippen MR) is 39.9 cm³/mol. The maximum atomic E-state index is 10.1. The molecule has 2 atom stereocenters. The summed E-state index contributed by atoms with van der Waals surface area (Å²) in [6.45, 7) is 0.162. The van der Waals surface area contributed by atoms with Crippen molar-refractivity contribution >= 4 is 5.97 Å². The van der Waals surface area contributed by atoms with Gasteiger partial charge in [0.2, 0.25) is 0 Å². The molecule has 0 aliphatic heterocycles. The number of carboxylic acid groups (broad SMARTS) is 1. The van der Waals surface area contributed by atoms with Crippen LogP contribution >= 0.6 is 0 Å². The number of likely N-dealkylation sites (N-methyl/N-ethyl adjacent to an activating group) is 1. The summed E-state index contributed by atoms with van der Waals surface area (Å²) in [6, 6.07) is 0. The Bertz CT molecular complexity index is 163. The lowest BCUT2D eigenvalue weighted by atomic mass is 10.2. The molecular formula is C7H15NO4. The van der Waals surface area contributed by atoms with Crippen LogP contribution in [0.25, 0.3) is 0 Å². The van der Waals surface area contributed by atoms with E-state index in [2.05, 4.69) is 0 Å². The second-order valence-corrected chi connectivity index (χ2v) is 3.80. The minimum atomic E-state index is -1.80. The Balaban J connectivity index is 4.04.